The largest absolute Gasteiger partial charge is 0.462 e. The lowest BCUT2D eigenvalue weighted by Gasteiger charge is -2.34. The Bertz CT molecular complexity index is 875. The average Bonchev–Trinajstić information content (AvgIpc) is 3.18. The number of hydrogen-bond donors (Lipinski definition) is 0. The maximum Gasteiger partial charge on any atom is 0.341 e. The quantitative estimate of drug-likeness (QED) is 0.764. The molecule has 6 nitrogen and oxygen atoms in total. The zero-order chi connectivity index (χ0) is 19.5. The minimum atomic E-state index is -0.350. The summed E-state index contributed by atoms with van der Waals surface area (Å²) in [7, 11) is 0. The number of rotatable bonds is 4. The molecular weight excluding hydrogens is 354 g/mol. The van der Waals surface area contributed by atoms with E-state index in [1.807, 2.05) is 23.1 Å². The van der Waals surface area contributed by atoms with Crippen molar-refractivity contribution in [1.82, 2.24) is 4.98 Å². The first-order valence-electron chi connectivity index (χ1n) is 9.95. The fraction of sp³-hybridized carbons (Fsp3) is 0.409. The van der Waals surface area contributed by atoms with Crippen molar-refractivity contribution in [3.63, 3.8) is 0 Å². The van der Waals surface area contributed by atoms with E-state index in [4.69, 9.17) is 4.74 Å². The van der Waals surface area contributed by atoms with Crippen LogP contribution in [0.1, 0.15) is 35.7 Å². The van der Waals surface area contributed by atoms with Crippen LogP contribution in [-0.4, -0.2) is 43.1 Å². The number of anilines is 2. The fourth-order valence-electron chi connectivity index (χ4n) is 4.14. The van der Waals surface area contributed by atoms with E-state index in [0.29, 0.717) is 31.1 Å². The predicted molar refractivity (Wildman–Crippen MR) is 108 cm³/mol. The molecule has 0 saturated carbocycles. The number of amides is 1. The third kappa shape index (κ3) is 3.46. The van der Waals surface area contributed by atoms with E-state index in [1.54, 1.807) is 25.3 Å². The van der Waals surface area contributed by atoms with Crippen LogP contribution in [0.15, 0.2) is 42.6 Å². The van der Waals surface area contributed by atoms with Crippen LogP contribution in [0.5, 0.6) is 0 Å². The molecule has 0 radical (unpaired) electrons. The Balaban J connectivity index is 1.43. The lowest BCUT2D eigenvalue weighted by Crippen LogP contribution is -2.42. The number of benzene rings is 1. The molecule has 0 N–H and O–H groups in total. The molecule has 146 valence electrons. The summed E-state index contributed by atoms with van der Waals surface area (Å²) in [5, 5.41) is 0. The molecule has 3 heterocycles. The molecule has 1 fully saturated rings. The molecule has 2 aliphatic heterocycles. The van der Waals surface area contributed by atoms with Crippen molar-refractivity contribution in [3.8, 4) is 0 Å². The van der Waals surface area contributed by atoms with Gasteiger partial charge in [-0.3, -0.25) is 4.79 Å². The zero-order valence-corrected chi connectivity index (χ0v) is 16.1. The molecule has 1 aromatic carbocycles. The second-order valence-electron chi connectivity index (χ2n) is 7.22. The number of para-hydroxylation sites is 1. The highest BCUT2D eigenvalue weighted by Crippen LogP contribution is 2.32. The summed E-state index contributed by atoms with van der Waals surface area (Å²) >= 11 is 0. The Morgan fingerprint density at radius 2 is 1.89 bits per heavy atom. The van der Waals surface area contributed by atoms with Gasteiger partial charge >= 0.3 is 5.97 Å². The van der Waals surface area contributed by atoms with Gasteiger partial charge in [-0.1, -0.05) is 18.2 Å². The summed E-state index contributed by atoms with van der Waals surface area (Å²) in [5.41, 5.74) is 2.80. The van der Waals surface area contributed by atoms with E-state index in [-0.39, 0.29) is 17.8 Å². The number of pyridine rings is 1. The standard InChI is InChI=1S/C22H25N3O3/c1-2-28-22(27)18-7-5-12-23-20(18)24-13-9-17(10-14-24)21(26)25-15-11-16-6-3-4-8-19(16)25/h3-8,12,17H,2,9-11,13-15H2,1H3. The van der Waals surface area contributed by atoms with Gasteiger partial charge in [0.05, 0.1) is 6.61 Å². The Morgan fingerprint density at radius 1 is 1.11 bits per heavy atom. The van der Waals surface area contributed by atoms with Gasteiger partial charge < -0.3 is 14.5 Å². The molecule has 0 spiro atoms. The molecule has 1 saturated heterocycles. The van der Waals surface area contributed by atoms with Gasteiger partial charge in [0.1, 0.15) is 11.4 Å². The van der Waals surface area contributed by atoms with E-state index in [0.717, 1.165) is 31.5 Å². The van der Waals surface area contributed by atoms with Gasteiger partial charge in [-0.05, 0) is 49.9 Å². The number of esters is 1. The van der Waals surface area contributed by atoms with Gasteiger partial charge in [-0.2, -0.15) is 0 Å². The van der Waals surface area contributed by atoms with E-state index < -0.39 is 0 Å². The fourth-order valence-corrected chi connectivity index (χ4v) is 4.14. The Hall–Kier alpha value is -2.89. The lowest BCUT2D eigenvalue weighted by molar-refractivity contribution is -0.122. The summed E-state index contributed by atoms with van der Waals surface area (Å²) in [6.07, 6.45) is 4.14. The van der Waals surface area contributed by atoms with Gasteiger partial charge in [0.15, 0.2) is 0 Å². The van der Waals surface area contributed by atoms with Crippen LogP contribution >= 0.6 is 0 Å². The second kappa shape index (κ2) is 8.00. The molecule has 0 bridgehead atoms. The smallest absolute Gasteiger partial charge is 0.341 e. The molecule has 0 aliphatic carbocycles. The third-order valence-corrected chi connectivity index (χ3v) is 5.58. The second-order valence-corrected chi connectivity index (χ2v) is 7.22. The van der Waals surface area contributed by atoms with Gasteiger partial charge in [0.2, 0.25) is 5.91 Å². The SMILES string of the molecule is CCOC(=O)c1cccnc1N1CCC(C(=O)N2CCc3ccccc32)CC1. The predicted octanol–water partition coefficient (Wildman–Crippen LogP) is 3.06. The Morgan fingerprint density at radius 3 is 2.68 bits per heavy atom. The molecule has 2 aliphatic rings. The number of piperidine rings is 1. The highest BCUT2D eigenvalue weighted by molar-refractivity contribution is 5.97. The van der Waals surface area contributed by atoms with Crippen LogP contribution in [0, 0.1) is 5.92 Å². The van der Waals surface area contributed by atoms with Crippen LogP contribution in [0.2, 0.25) is 0 Å². The van der Waals surface area contributed by atoms with E-state index in [9.17, 15) is 9.59 Å². The maximum atomic E-state index is 13.1. The monoisotopic (exact) mass is 379 g/mol. The molecule has 0 unspecified atom stereocenters. The van der Waals surface area contributed by atoms with E-state index >= 15 is 0 Å². The highest BCUT2D eigenvalue weighted by Gasteiger charge is 2.33. The topological polar surface area (TPSA) is 62.7 Å². The first-order chi connectivity index (χ1) is 13.7. The van der Waals surface area contributed by atoms with Crippen molar-refractivity contribution in [2.24, 2.45) is 5.92 Å². The van der Waals surface area contributed by atoms with Gasteiger partial charge in [-0.15, -0.1) is 0 Å². The van der Waals surface area contributed by atoms with E-state index in [2.05, 4.69) is 16.0 Å². The Kier molecular flexibility index (Phi) is 5.28. The number of nitrogens with zero attached hydrogens (tertiary/aromatic N) is 3. The van der Waals surface area contributed by atoms with Crippen molar-refractivity contribution in [3.05, 3.63) is 53.7 Å². The first kappa shape index (κ1) is 18.5. The molecule has 0 atom stereocenters. The molecule has 4 rings (SSSR count). The van der Waals surface area contributed by atoms with Crippen LogP contribution in [0.25, 0.3) is 0 Å². The first-order valence-corrected chi connectivity index (χ1v) is 9.95. The number of fused-ring (bicyclic) bond motifs is 1. The minimum absolute atomic E-state index is 0.0113. The molecule has 6 heteroatoms. The summed E-state index contributed by atoms with van der Waals surface area (Å²) in [6, 6.07) is 11.7. The van der Waals surface area contributed by atoms with Crippen LogP contribution in [0.3, 0.4) is 0 Å². The van der Waals surface area contributed by atoms with Crippen molar-refractivity contribution in [1.29, 1.82) is 0 Å². The third-order valence-electron chi connectivity index (χ3n) is 5.58. The summed E-state index contributed by atoms with van der Waals surface area (Å²) in [5.74, 6) is 0.532. The zero-order valence-electron chi connectivity index (χ0n) is 16.1. The van der Waals surface area contributed by atoms with Crippen LogP contribution in [-0.2, 0) is 16.0 Å². The van der Waals surface area contributed by atoms with Crippen molar-refractivity contribution in [2.75, 3.05) is 36.0 Å². The summed E-state index contributed by atoms with van der Waals surface area (Å²) in [6.45, 7) is 4.30. The molecule has 2 aromatic rings. The van der Waals surface area contributed by atoms with Crippen molar-refractivity contribution >= 4 is 23.4 Å². The van der Waals surface area contributed by atoms with Crippen molar-refractivity contribution < 1.29 is 14.3 Å². The van der Waals surface area contributed by atoms with Crippen LogP contribution < -0.4 is 9.80 Å². The van der Waals surface area contributed by atoms with E-state index in [1.165, 1.54) is 5.56 Å². The number of hydrogen-bond acceptors (Lipinski definition) is 5. The molecule has 1 aromatic heterocycles. The Labute approximate surface area is 165 Å². The van der Waals surface area contributed by atoms with Gasteiger partial charge in [0, 0.05) is 37.4 Å². The van der Waals surface area contributed by atoms with Gasteiger partial charge in [0.25, 0.3) is 0 Å². The molecule has 28 heavy (non-hydrogen) atoms. The van der Waals surface area contributed by atoms with Crippen LogP contribution in [0.4, 0.5) is 11.5 Å². The normalized spacial score (nSPS) is 16.8. The number of ether oxygens (including phenoxy) is 1. The minimum Gasteiger partial charge on any atom is -0.462 e. The lowest BCUT2D eigenvalue weighted by atomic mass is 9.95. The maximum absolute atomic E-state index is 13.1. The van der Waals surface area contributed by atoms with Crippen molar-refractivity contribution in [2.45, 2.75) is 26.2 Å². The number of carbonyl (C=O) groups excluding carboxylic acids is 2. The number of carbonyl (C=O) groups is 2. The number of aromatic nitrogens is 1. The summed E-state index contributed by atoms with van der Waals surface area (Å²) in [4.78, 5) is 33.8. The average molecular weight is 379 g/mol. The summed E-state index contributed by atoms with van der Waals surface area (Å²) < 4.78 is 5.15. The van der Waals surface area contributed by atoms with Gasteiger partial charge in [-0.25, -0.2) is 9.78 Å². The molecular formula is C22H25N3O3. The molecule has 1 amide bonds. The highest BCUT2D eigenvalue weighted by atomic mass is 16.5.